The maximum atomic E-state index is 11.8. The van der Waals surface area contributed by atoms with E-state index in [1.165, 1.54) is 25.7 Å². The van der Waals surface area contributed by atoms with E-state index in [9.17, 15) is 4.79 Å². The van der Waals surface area contributed by atoms with Gasteiger partial charge in [-0.2, -0.15) is 0 Å². The summed E-state index contributed by atoms with van der Waals surface area (Å²) in [6, 6.07) is 7.52. The Labute approximate surface area is 127 Å². The normalized spacial score (nSPS) is 21.8. The first-order valence-electron chi connectivity index (χ1n) is 7.86. The van der Waals surface area contributed by atoms with E-state index in [0.717, 1.165) is 18.0 Å². The van der Waals surface area contributed by atoms with Gasteiger partial charge in [0.25, 0.3) is 5.91 Å². The van der Waals surface area contributed by atoms with Crippen LogP contribution in [0.25, 0.3) is 0 Å². The summed E-state index contributed by atoms with van der Waals surface area (Å²) in [6.07, 6.45) is 5.06. The zero-order chi connectivity index (χ0) is 15.1. The first-order valence-corrected chi connectivity index (χ1v) is 7.86. The van der Waals surface area contributed by atoms with Crippen LogP contribution in [0.1, 0.15) is 38.2 Å². The molecule has 0 spiro atoms. The summed E-state index contributed by atoms with van der Waals surface area (Å²) in [7, 11) is 0. The molecule has 1 fully saturated rings. The van der Waals surface area contributed by atoms with E-state index >= 15 is 0 Å². The number of nitrogens with two attached hydrogens (primary N) is 1. The van der Waals surface area contributed by atoms with Crippen molar-refractivity contribution in [1.29, 1.82) is 0 Å². The van der Waals surface area contributed by atoms with E-state index in [2.05, 4.69) is 12.2 Å². The fourth-order valence-electron chi connectivity index (χ4n) is 2.92. The fourth-order valence-corrected chi connectivity index (χ4v) is 2.92. The van der Waals surface area contributed by atoms with Gasteiger partial charge in [-0.05, 0) is 42.4 Å². The number of hydrogen-bond donors (Lipinski definition) is 2. The standard InChI is InChI=1S/C17H26N2O2/c1-13-3-2-4-15(9-13)11-19-17(20)12-21-16-7-5-14(10-18)6-8-16/h5-8,13,15H,2-4,9-12,18H2,1H3,(H,19,20). The molecule has 4 nitrogen and oxygen atoms in total. The van der Waals surface area contributed by atoms with Crippen molar-refractivity contribution in [3.05, 3.63) is 29.8 Å². The van der Waals surface area contributed by atoms with Crippen molar-refractivity contribution >= 4 is 5.91 Å². The quantitative estimate of drug-likeness (QED) is 0.846. The van der Waals surface area contributed by atoms with Gasteiger partial charge in [0.05, 0.1) is 0 Å². The van der Waals surface area contributed by atoms with Crippen LogP contribution in [0.3, 0.4) is 0 Å². The van der Waals surface area contributed by atoms with Crippen LogP contribution in [0, 0.1) is 11.8 Å². The van der Waals surface area contributed by atoms with Crippen molar-refractivity contribution in [2.24, 2.45) is 17.6 Å². The number of nitrogens with one attached hydrogen (secondary N) is 1. The van der Waals surface area contributed by atoms with E-state index < -0.39 is 0 Å². The van der Waals surface area contributed by atoms with Gasteiger partial charge in [-0.3, -0.25) is 4.79 Å². The molecule has 4 heteroatoms. The Kier molecular flexibility index (Phi) is 6.05. The lowest BCUT2D eigenvalue weighted by molar-refractivity contribution is -0.123. The van der Waals surface area contributed by atoms with Gasteiger partial charge in [-0.25, -0.2) is 0 Å². The summed E-state index contributed by atoms with van der Waals surface area (Å²) in [5.41, 5.74) is 6.59. The minimum absolute atomic E-state index is 0.0453. The average Bonchev–Trinajstić information content (AvgIpc) is 2.51. The Hall–Kier alpha value is -1.55. The predicted molar refractivity (Wildman–Crippen MR) is 84.0 cm³/mol. The molecule has 0 aromatic heterocycles. The van der Waals surface area contributed by atoms with Gasteiger partial charge in [0.2, 0.25) is 0 Å². The van der Waals surface area contributed by atoms with Gasteiger partial charge >= 0.3 is 0 Å². The highest BCUT2D eigenvalue weighted by Crippen LogP contribution is 2.27. The van der Waals surface area contributed by atoms with Crippen molar-refractivity contribution in [3.8, 4) is 5.75 Å². The van der Waals surface area contributed by atoms with E-state index in [1.807, 2.05) is 24.3 Å². The maximum Gasteiger partial charge on any atom is 0.257 e. The van der Waals surface area contributed by atoms with Crippen molar-refractivity contribution in [2.75, 3.05) is 13.2 Å². The molecule has 0 bridgehead atoms. The number of ether oxygens (including phenoxy) is 1. The second-order valence-corrected chi connectivity index (χ2v) is 6.08. The number of rotatable bonds is 6. The SMILES string of the molecule is CC1CCCC(CNC(=O)COc2ccc(CN)cc2)C1. The fraction of sp³-hybridized carbons (Fsp3) is 0.588. The van der Waals surface area contributed by atoms with Crippen LogP contribution in [0.5, 0.6) is 5.75 Å². The van der Waals surface area contributed by atoms with Crippen LogP contribution < -0.4 is 15.8 Å². The molecule has 0 radical (unpaired) electrons. The monoisotopic (exact) mass is 290 g/mol. The van der Waals surface area contributed by atoms with Crippen LogP contribution in [-0.4, -0.2) is 19.1 Å². The molecule has 0 saturated heterocycles. The second-order valence-electron chi connectivity index (χ2n) is 6.08. The van der Waals surface area contributed by atoms with E-state index in [4.69, 9.17) is 10.5 Å². The van der Waals surface area contributed by atoms with Crippen LogP contribution in [0.2, 0.25) is 0 Å². The van der Waals surface area contributed by atoms with Crippen LogP contribution >= 0.6 is 0 Å². The van der Waals surface area contributed by atoms with Gasteiger partial charge in [-0.15, -0.1) is 0 Å². The third-order valence-corrected chi connectivity index (χ3v) is 4.16. The molecule has 1 aromatic rings. The smallest absolute Gasteiger partial charge is 0.257 e. The number of amides is 1. The van der Waals surface area contributed by atoms with Crippen molar-refractivity contribution in [2.45, 2.75) is 39.2 Å². The molecule has 2 rings (SSSR count). The highest BCUT2D eigenvalue weighted by molar-refractivity contribution is 5.77. The second kappa shape index (κ2) is 8.03. The van der Waals surface area contributed by atoms with Crippen LogP contribution in [0.4, 0.5) is 0 Å². The summed E-state index contributed by atoms with van der Waals surface area (Å²) in [4.78, 5) is 11.8. The third-order valence-electron chi connectivity index (χ3n) is 4.16. The van der Waals surface area contributed by atoms with Gasteiger partial charge < -0.3 is 15.8 Å². The largest absolute Gasteiger partial charge is 0.484 e. The first-order chi connectivity index (χ1) is 10.2. The summed E-state index contributed by atoms with van der Waals surface area (Å²) in [5, 5.41) is 2.98. The molecule has 2 unspecified atom stereocenters. The summed E-state index contributed by atoms with van der Waals surface area (Å²) >= 11 is 0. The number of carbonyl (C=O) groups excluding carboxylic acids is 1. The van der Waals surface area contributed by atoms with Crippen molar-refractivity contribution in [3.63, 3.8) is 0 Å². The highest BCUT2D eigenvalue weighted by Gasteiger charge is 2.19. The summed E-state index contributed by atoms with van der Waals surface area (Å²) in [6.45, 7) is 3.66. The average molecular weight is 290 g/mol. The number of hydrogen-bond acceptors (Lipinski definition) is 3. The molecule has 21 heavy (non-hydrogen) atoms. The third kappa shape index (κ3) is 5.38. The molecule has 2 atom stereocenters. The Morgan fingerprint density at radius 1 is 1.33 bits per heavy atom. The van der Waals surface area contributed by atoms with Crippen LogP contribution in [0.15, 0.2) is 24.3 Å². The van der Waals surface area contributed by atoms with Gasteiger partial charge in [0.15, 0.2) is 6.61 Å². The molecular weight excluding hydrogens is 264 g/mol. The van der Waals surface area contributed by atoms with Gasteiger partial charge in [0, 0.05) is 13.1 Å². The van der Waals surface area contributed by atoms with Crippen LogP contribution in [-0.2, 0) is 11.3 Å². The maximum absolute atomic E-state index is 11.8. The Morgan fingerprint density at radius 3 is 2.76 bits per heavy atom. The Morgan fingerprint density at radius 2 is 2.10 bits per heavy atom. The summed E-state index contributed by atoms with van der Waals surface area (Å²) < 4.78 is 5.48. The topological polar surface area (TPSA) is 64.3 Å². The lowest BCUT2D eigenvalue weighted by Crippen LogP contribution is -2.34. The van der Waals surface area contributed by atoms with Crippen molar-refractivity contribution in [1.82, 2.24) is 5.32 Å². The molecule has 0 heterocycles. The Bertz CT molecular complexity index is 445. The lowest BCUT2D eigenvalue weighted by Gasteiger charge is -2.26. The molecule has 1 aliphatic carbocycles. The first kappa shape index (κ1) is 15.8. The minimum atomic E-state index is -0.0453. The summed E-state index contributed by atoms with van der Waals surface area (Å²) in [5.74, 6) is 2.07. The van der Waals surface area contributed by atoms with Gasteiger partial charge in [0.1, 0.15) is 5.75 Å². The van der Waals surface area contributed by atoms with E-state index in [-0.39, 0.29) is 12.5 Å². The zero-order valence-electron chi connectivity index (χ0n) is 12.8. The predicted octanol–water partition coefficient (Wildman–Crippen LogP) is 2.47. The van der Waals surface area contributed by atoms with Crippen molar-refractivity contribution < 1.29 is 9.53 Å². The highest BCUT2D eigenvalue weighted by atomic mass is 16.5. The molecule has 1 aromatic carbocycles. The lowest BCUT2D eigenvalue weighted by atomic mass is 9.82. The Balaban J connectivity index is 1.67. The van der Waals surface area contributed by atoms with E-state index in [0.29, 0.717) is 18.2 Å². The molecule has 1 amide bonds. The molecule has 1 saturated carbocycles. The molecular formula is C17H26N2O2. The molecule has 116 valence electrons. The zero-order valence-corrected chi connectivity index (χ0v) is 12.8. The molecule has 3 N–H and O–H groups in total. The van der Waals surface area contributed by atoms with E-state index in [1.54, 1.807) is 0 Å². The number of benzene rings is 1. The number of carbonyl (C=O) groups is 1. The molecule has 1 aliphatic rings. The molecule has 0 aliphatic heterocycles. The van der Waals surface area contributed by atoms with Gasteiger partial charge in [-0.1, -0.05) is 31.9 Å². The minimum Gasteiger partial charge on any atom is -0.484 e.